The molecule has 1 aliphatic rings. The lowest BCUT2D eigenvalue weighted by Gasteiger charge is -2.43. The largest absolute Gasteiger partial charge is 0.340 e. The molecule has 0 saturated carbocycles. The Morgan fingerprint density at radius 2 is 2.05 bits per heavy atom. The summed E-state index contributed by atoms with van der Waals surface area (Å²) in [5, 5.41) is 2.83. The highest BCUT2D eigenvalue weighted by Crippen LogP contribution is 2.24. The number of nitrogens with zero attached hydrogens (tertiary/aromatic N) is 2. The average molecular weight is 289 g/mol. The number of piperazine rings is 1. The van der Waals surface area contributed by atoms with Gasteiger partial charge in [-0.2, -0.15) is 0 Å². The Bertz CT molecular complexity index is 526. The molecule has 0 bridgehead atoms. The van der Waals surface area contributed by atoms with E-state index in [4.69, 9.17) is 0 Å². The monoisotopic (exact) mass is 289 g/mol. The number of rotatable bonds is 4. The minimum absolute atomic E-state index is 0.0570. The Hall–Kier alpha value is -1.91. The van der Waals surface area contributed by atoms with Crippen molar-refractivity contribution in [2.24, 2.45) is 5.92 Å². The fourth-order valence-electron chi connectivity index (χ4n) is 2.62. The lowest BCUT2D eigenvalue weighted by atomic mass is 9.92. The lowest BCUT2D eigenvalue weighted by molar-refractivity contribution is -0.155. The number of nitrogens with one attached hydrogen (secondary N) is 1. The fraction of sp³-hybridized carbons (Fsp3) is 0.562. The molecular weight excluding hydrogens is 266 g/mol. The van der Waals surface area contributed by atoms with Crippen molar-refractivity contribution in [1.29, 1.82) is 0 Å². The van der Waals surface area contributed by atoms with Crippen molar-refractivity contribution in [2.45, 2.75) is 52.2 Å². The normalized spacial score (nSPS) is 21.6. The first kappa shape index (κ1) is 15.5. The Kier molecular flexibility index (Phi) is 4.30. The molecule has 0 aliphatic carbocycles. The minimum Gasteiger partial charge on any atom is -0.340 e. The number of hydrogen-bond acceptors (Lipinski definition) is 3. The van der Waals surface area contributed by atoms with E-state index in [2.05, 4.69) is 24.1 Å². The third-order valence-corrected chi connectivity index (χ3v) is 3.66. The topological polar surface area (TPSA) is 62.3 Å². The van der Waals surface area contributed by atoms with E-state index in [9.17, 15) is 9.59 Å². The molecular formula is C16H23N3O2. The van der Waals surface area contributed by atoms with Gasteiger partial charge in [0.2, 0.25) is 11.8 Å². The quantitative estimate of drug-likeness (QED) is 0.918. The van der Waals surface area contributed by atoms with E-state index in [1.165, 1.54) is 0 Å². The first-order valence-corrected chi connectivity index (χ1v) is 7.34. The highest BCUT2D eigenvalue weighted by molar-refractivity contribution is 5.99. The van der Waals surface area contributed by atoms with Crippen LogP contribution in [0.15, 0.2) is 24.4 Å². The van der Waals surface area contributed by atoms with E-state index in [0.29, 0.717) is 18.9 Å². The zero-order valence-electron chi connectivity index (χ0n) is 13.1. The zero-order valence-corrected chi connectivity index (χ0v) is 13.1. The molecule has 114 valence electrons. The third kappa shape index (κ3) is 3.40. The van der Waals surface area contributed by atoms with Crippen LogP contribution in [0.2, 0.25) is 0 Å². The molecule has 0 radical (unpaired) electrons. The van der Waals surface area contributed by atoms with Gasteiger partial charge in [0.25, 0.3) is 0 Å². The molecule has 1 aromatic heterocycles. The zero-order chi connectivity index (χ0) is 15.6. The van der Waals surface area contributed by atoms with Crippen molar-refractivity contribution in [3.05, 3.63) is 30.1 Å². The molecule has 1 N–H and O–H groups in total. The van der Waals surface area contributed by atoms with Crippen molar-refractivity contribution in [3.8, 4) is 0 Å². The predicted octanol–water partition coefficient (Wildman–Crippen LogP) is 1.73. The Morgan fingerprint density at radius 3 is 2.62 bits per heavy atom. The van der Waals surface area contributed by atoms with Crippen LogP contribution in [0.1, 0.15) is 39.8 Å². The van der Waals surface area contributed by atoms with Gasteiger partial charge < -0.3 is 10.2 Å². The first-order valence-electron chi connectivity index (χ1n) is 7.34. The van der Waals surface area contributed by atoms with Gasteiger partial charge in [-0.3, -0.25) is 14.6 Å². The standard InChI is InChI=1S/C16H23N3O2/c1-11(2)9-13-14(20)18-16(3,4)15(21)19(13)10-12-7-5-6-8-17-12/h5-8,11,13H,9-10H2,1-4H3,(H,18,20). The number of hydrogen-bond donors (Lipinski definition) is 1. The highest BCUT2D eigenvalue weighted by atomic mass is 16.2. The molecule has 5 heteroatoms. The second-order valence-corrected chi connectivity index (χ2v) is 6.51. The predicted molar refractivity (Wildman–Crippen MR) is 80.3 cm³/mol. The fourth-order valence-corrected chi connectivity index (χ4v) is 2.62. The van der Waals surface area contributed by atoms with E-state index in [0.717, 1.165) is 5.69 Å². The average Bonchev–Trinajstić information content (AvgIpc) is 2.41. The van der Waals surface area contributed by atoms with E-state index in [1.54, 1.807) is 24.9 Å². The van der Waals surface area contributed by atoms with Crippen molar-refractivity contribution in [2.75, 3.05) is 0 Å². The maximum absolute atomic E-state index is 12.7. The van der Waals surface area contributed by atoms with Gasteiger partial charge in [0, 0.05) is 6.20 Å². The van der Waals surface area contributed by atoms with Crippen LogP contribution in [-0.2, 0) is 16.1 Å². The highest BCUT2D eigenvalue weighted by Gasteiger charge is 2.45. The van der Waals surface area contributed by atoms with E-state index in [1.807, 2.05) is 18.2 Å². The smallest absolute Gasteiger partial charge is 0.248 e. The van der Waals surface area contributed by atoms with Crippen molar-refractivity contribution >= 4 is 11.8 Å². The Morgan fingerprint density at radius 1 is 1.33 bits per heavy atom. The van der Waals surface area contributed by atoms with Crippen molar-refractivity contribution in [3.63, 3.8) is 0 Å². The summed E-state index contributed by atoms with van der Waals surface area (Å²) in [7, 11) is 0. The van der Waals surface area contributed by atoms with Crippen LogP contribution in [0.5, 0.6) is 0 Å². The van der Waals surface area contributed by atoms with E-state index < -0.39 is 11.6 Å². The van der Waals surface area contributed by atoms with E-state index >= 15 is 0 Å². The van der Waals surface area contributed by atoms with Crippen molar-refractivity contribution in [1.82, 2.24) is 15.2 Å². The van der Waals surface area contributed by atoms with Gasteiger partial charge in [0.15, 0.2) is 0 Å². The van der Waals surface area contributed by atoms with Gasteiger partial charge >= 0.3 is 0 Å². The summed E-state index contributed by atoms with van der Waals surface area (Å²) < 4.78 is 0. The second-order valence-electron chi connectivity index (χ2n) is 6.51. The lowest BCUT2D eigenvalue weighted by Crippen LogP contribution is -2.67. The summed E-state index contributed by atoms with van der Waals surface area (Å²) in [5.41, 5.74) is -0.0654. The Labute approximate surface area is 125 Å². The van der Waals surface area contributed by atoms with Gasteiger partial charge in [0.05, 0.1) is 12.2 Å². The van der Waals surface area contributed by atoms with Crippen LogP contribution in [-0.4, -0.2) is 33.3 Å². The third-order valence-electron chi connectivity index (χ3n) is 3.66. The molecule has 21 heavy (non-hydrogen) atoms. The number of amides is 2. The summed E-state index contributed by atoms with van der Waals surface area (Å²) in [5.74, 6) is 0.198. The molecule has 0 spiro atoms. The molecule has 2 heterocycles. The van der Waals surface area contributed by atoms with Gasteiger partial charge in [-0.1, -0.05) is 19.9 Å². The van der Waals surface area contributed by atoms with Crippen LogP contribution >= 0.6 is 0 Å². The number of pyridine rings is 1. The molecule has 1 saturated heterocycles. The summed E-state index contributed by atoms with van der Waals surface area (Å²) >= 11 is 0. The number of aromatic nitrogens is 1. The van der Waals surface area contributed by atoms with Gasteiger partial charge in [-0.15, -0.1) is 0 Å². The molecule has 1 aliphatic heterocycles. The van der Waals surface area contributed by atoms with Crippen LogP contribution < -0.4 is 5.32 Å². The molecule has 1 unspecified atom stereocenters. The van der Waals surface area contributed by atoms with Gasteiger partial charge in [0.1, 0.15) is 11.6 Å². The summed E-state index contributed by atoms with van der Waals surface area (Å²) in [6.07, 6.45) is 2.35. The molecule has 1 atom stereocenters. The summed E-state index contributed by atoms with van der Waals surface area (Å²) in [6.45, 7) is 7.95. The molecule has 0 aromatic carbocycles. The summed E-state index contributed by atoms with van der Waals surface area (Å²) in [4.78, 5) is 31.0. The second kappa shape index (κ2) is 5.84. The van der Waals surface area contributed by atoms with Crippen LogP contribution in [0, 0.1) is 5.92 Å². The number of carbonyl (C=O) groups is 2. The van der Waals surface area contributed by atoms with Crippen LogP contribution in [0.25, 0.3) is 0 Å². The first-order chi connectivity index (χ1) is 9.81. The number of carbonyl (C=O) groups excluding carboxylic acids is 2. The maximum atomic E-state index is 12.7. The van der Waals surface area contributed by atoms with Crippen molar-refractivity contribution < 1.29 is 9.59 Å². The molecule has 5 nitrogen and oxygen atoms in total. The Balaban J connectivity index is 2.29. The SMILES string of the molecule is CC(C)CC1C(=O)NC(C)(C)C(=O)N1Cc1ccccn1. The van der Waals surface area contributed by atoms with Gasteiger partial charge in [-0.05, 0) is 38.3 Å². The minimum atomic E-state index is -0.862. The van der Waals surface area contributed by atoms with E-state index in [-0.39, 0.29) is 11.8 Å². The molecule has 1 aromatic rings. The molecule has 2 rings (SSSR count). The van der Waals surface area contributed by atoms with Crippen LogP contribution in [0.4, 0.5) is 0 Å². The molecule has 2 amide bonds. The molecule has 1 fully saturated rings. The van der Waals surface area contributed by atoms with Crippen LogP contribution in [0.3, 0.4) is 0 Å². The van der Waals surface area contributed by atoms with Gasteiger partial charge in [-0.25, -0.2) is 0 Å². The summed E-state index contributed by atoms with van der Waals surface area (Å²) in [6, 6.07) is 5.18. The maximum Gasteiger partial charge on any atom is 0.248 e.